The molecule has 1 aromatic heterocycles. The average molecular weight is 486 g/mol. The molecule has 12 heteroatoms. The van der Waals surface area contributed by atoms with E-state index >= 15 is 0 Å². The summed E-state index contributed by atoms with van der Waals surface area (Å²) in [6, 6.07) is 12.2. The van der Waals surface area contributed by atoms with Crippen molar-refractivity contribution in [3.05, 3.63) is 70.9 Å². The molecule has 0 saturated heterocycles. The molecule has 10 nitrogen and oxygen atoms in total. The number of sulfonamides is 1. The second kappa shape index (κ2) is 8.64. The van der Waals surface area contributed by atoms with Gasteiger partial charge in [0.25, 0.3) is 27.7 Å². The highest BCUT2D eigenvalue weighted by Gasteiger charge is 2.40. The lowest BCUT2D eigenvalue weighted by atomic mass is 10.1. The van der Waals surface area contributed by atoms with Crippen LogP contribution in [0.2, 0.25) is 0 Å². The number of amides is 3. The lowest BCUT2D eigenvalue weighted by Crippen LogP contribution is -2.29. The summed E-state index contributed by atoms with van der Waals surface area (Å²) in [5.74, 6) is -1.85. The van der Waals surface area contributed by atoms with Crippen LogP contribution in [0.1, 0.15) is 43.7 Å². The summed E-state index contributed by atoms with van der Waals surface area (Å²) in [5.41, 5.74) is 6.24. The molecule has 0 aliphatic carbocycles. The number of primary amides is 1. The second-order valence-corrected chi connectivity index (χ2v) is 9.89. The third-order valence-electron chi connectivity index (χ3n) is 4.87. The first-order valence-electron chi connectivity index (χ1n) is 9.83. The zero-order valence-electron chi connectivity index (χ0n) is 17.4. The number of hydrogen-bond acceptors (Lipinski definition) is 8. The summed E-state index contributed by atoms with van der Waals surface area (Å²) < 4.78 is 26.2. The molecule has 0 spiro atoms. The molecule has 1 aliphatic heterocycles. The highest BCUT2D eigenvalue weighted by molar-refractivity contribution is 7.90. The van der Waals surface area contributed by atoms with Gasteiger partial charge in [0, 0.05) is 12.1 Å². The number of carbonyl (C=O) groups is 3. The maximum atomic E-state index is 12.7. The van der Waals surface area contributed by atoms with Crippen molar-refractivity contribution >= 4 is 49.2 Å². The SMILES string of the molecule is CCNc1nc(C(N)=O)c(NC(=O)c2ccc(CN3C(=O)c4ccccc4S3(=O)=O)cc2)s1. The van der Waals surface area contributed by atoms with Crippen LogP contribution in [0.3, 0.4) is 0 Å². The summed E-state index contributed by atoms with van der Waals surface area (Å²) in [4.78, 5) is 40.9. The molecule has 0 radical (unpaired) electrons. The Morgan fingerprint density at radius 3 is 2.45 bits per heavy atom. The number of anilines is 2. The van der Waals surface area contributed by atoms with Crippen molar-refractivity contribution in [1.82, 2.24) is 9.29 Å². The van der Waals surface area contributed by atoms with Crippen LogP contribution < -0.4 is 16.4 Å². The first-order chi connectivity index (χ1) is 15.7. The van der Waals surface area contributed by atoms with Gasteiger partial charge in [0.05, 0.1) is 12.1 Å². The van der Waals surface area contributed by atoms with Gasteiger partial charge >= 0.3 is 0 Å². The molecule has 3 aromatic rings. The highest BCUT2D eigenvalue weighted by atomic mass is 32.2. The normalized spacial score (nSPS) is 14.1. The molecule has 1 aliphatic rings. The fourth-order valence-electron chi connectivity index (χ4n) is 3.29. The Morgan fingerprint density at radius 2 is 1.82 bits per heavy atom. The summed E-state index contributed by atoms with van der Waals surface area (Å²) in [7, 11) is -3.93. The number of fused-ring (bicyclic) bond motifs is 1. The quantitative estimate of drug-likeness (QED) is 0.464. The van der Waals surface area contributed by atoms with Crippen molar-refractivity contribution in [1.29, 1.82) is 0 Å². The number of hydrogen-bond donors (Lipinski definition) is 3. The van der Waals surface area contributed by atoms with Crippen molar-refractivity contribution < 1.29 is 22.8 Å². The summed E-state index contributed by atoms with van der Waals surface area (Å²) in [5, 5.41) is 6.26. The first kappa shape index (κ1) is 22.4. The van der Waals surface area contributed by atoms with E-state index in [9.17, 15) is 22.8 Å². The van der Waals surface area contributed by atoms with E-state index in [-0.39, 0.29) is 33.3 Å². The van der Waals surface area contributed by atoms with Gasteiger partial charge in [0.15, 0.2) is 10.8 Å². The number of nitrogens with one attached hydrogen (secondary N) is 2. The standard InChI is InChI=1S/C21H19N5O5S2/c1-2-23-21-24-16(17(22)27)19(32-21)25-18(28)13-9-7-12(8-10-13)11-26-20(29)14-5-3-4-6-15(14)33(26,30)31/h3-10H,2,11H2,1H3,(H2,22,27)(H,23,24)(H,25,28). The predicted molar refractivity (Wildman–Crippen MR) is 123 cm³/mol. The van der Waals surface area contributed by atoms with Gasteiger partial charge < -0.3 is 16.4 Å². The van der Waals surface area contributed by atoms with Crippen molar-refractivity contribution in [2.45, 2.75) is 18.4 Å². The van der Waals surface area contributed by atoms with E-state index in [1.54, 1.807) is 24.3 Å². The molecular weight excluding hydrogens is 466 g/mol. The molecule has 0 fully saturated rings. The Hall–Kier alpha value is -3.77. The third kappa shape index (κ3) is 4.17. The average Bonchev–Trinajstić information content (AvgIpc) is 3.27. The van der Waals surface area contributed by atoms with Crippen LogP contribution in [0, 0.1) is 0 Å². The summed E-state index contributed by atoms with van der Waals surface area (Å²) >= 11 is 1.09. The summed E-state index contributed by atoms with van der Waals surface area (Å²) in [6.45, 7) is 2.29. The smallest absolute Gasteiger partial charge is 0.270 e. The number of nitrogens with two attached hydrogens (primary N) is 1. The van der Waals surface area contributed by atoms with Crippen LogP contribution in [0.5, 0.6) is 0 Å². The van der Waals surface area contributed by atoms with E-state index in [4.69, 9.17) is 5.73 Å². The fraction of sp³-hybridized carbons (Fsp3) is 0.143. The number of aromatic nitrogens is 1. The van der Waals surface area contributed by atoms with E-state index < -0.39 is 27.7 Å². The molecule has 3 amide bonds. The van der Waals surface area contributed by atoms with E-state index in [1.807, 2.05) is 6.92 Å². The molecule has 2 aromatic carbocycles. The van der Waals surface area contributed by atoms with Gasteiger partial charge in [-0.25, -0.2) is 17.7 Å². The second-order valence-electron chi connectivity index (χ2n) is 7.06. The number of thiazole rings is 1. The van der Waals surface area contributed by atoms with Gasteiger partial charge in [-0.05, 0) is 36.8 Å². The van der Waals surface area contributed by atoms with Crippen LogP contribution in [-0.2, 0) is 16.6 Å². The van der Waals surface area contributed by atoms with Crippen LogP contribution in [-0.4, -0.2) is 42.0 Å². The number of rotatable bonds is 7. The minimum atomic E-state index is -3.93. The van der Waals surface area contributed by atoms with E-state index in [0.29, 0.717) is 17.2 Å². The molecule has 0 unspecified atom stereocenters. The minimum Gasteiger partial charge on any atom is -0.364 e. The Bertz CT molecular complexity index is 1370. The van der Waals surface area contributed by atoms with Crippen LogP contribution >= 0.6 is 11.3 Å². The minimum absolute atomic E-state index is 0.0160. The number of benzene rings is 2. The van der Waals surface area contributed by atoms with Gasteiger partial charge in [-0.15, -0.1) is 0 Å². The molecule has 0 saturated carbocycles. The lowest BCUT2D eigenvalue weighted by Gasteiger charge is -2.15. The van der Waals surface area contributed by atoms with Crippen LogP contribution in [0.15, 0.2) is 53.4 Å². The molecule has 4 N–H and O–H groups in total. The molecule has 170 valence electrons. The Balaban J connectivity index is 1.50. The Labute approximate surface area is 193 Å². The monoisotopic (exact) mass is 485 g/mol. The van der Waals surface area contributed by atoms with Crippen molar-refractivity contribution in [3.8, 4) is 0 Å². The van der Waals surface area contributed by atoms with E-state index in [1.165, 1.54) is 24.3 Å². The van der Waals surface area contributed by atoms with E-state index in [2.05, 4.69) is 15.6 Å². The number of nitrogens with zero attached hydrogens (tertiary/aromatic N) is 2. The van der Waals surface area contributed by atoms with Gasteiger partial charge in [0.1, 0.15) is 9.90 Å². The first-order valence-corrected chi connectivity index (χ1v) is 12.1. The lowest BCUT2D eigenvalue weighted by molar-refractivity contribution is 0.0863. The van der Waals surface area contributed by atoms with Gasteiger partial charge in [-0.1, -0.05) is 35.6 Å². The topological polar surface area (TPSA) is 152 Å². The van der Waals surface area contributed by atoms with Crippen molar-refractivity contribution in [2.24, 2.45) is 5.73 Å². The predicted octanol–water partition coefficient (Wildman–Crippen LogP) is 2.27. The van der Waals surface area contributed by atoms with Crippen molar-refractivity contribution in [3.63, 3.8) is 0 Å². The maximum absolute atomic E-state index is 12.7. The highest BCUT2D eigenvalue weighted by Crippen LogP contribution is 2.31. The van der Waals surface area contributed by atoms with Gasteiger partial charge in [-0.3, -0.25) is 14.4 Å². The van der Waals surface area contributed by atoms with Crippen LogP contribution in [0.25, 0.3) is 0 Å². The molecule has 2 heterocycles. The number of carbonyl (C=O) groups excluding carboxylic acids is 3. The fourth-order valence-corrected chi connectivity index (χ4v) is 5.78. The van der Waals surface area contributed by atoms with E-state index in [0.717, 1.165) is 15.6 Å². The Kier molecular flexibility index (Phi) is 5.87. The molecular formula is C21H19N5O5S2. The van der Waals surface area contributed by atoms with Crippen molar-refractivity contribution in [2.75, 3.05) is 17.2 Å². The third-order valence-corrected chi connectivity index (χ3v) is 7.59. The molecule has 0 bridgehead atoms. The zero-order chi connectivity index (χ0) is 23.8. The Morgan fingerprint density at radius 1 is 1.12 bits per heavy atom. The van der Waals surface area contributed by atoms with Crippen LogP contribution in [0.4, 0.5) is 10.1 Å². The molecule has 4 rings (SSSR count). The summed E-state index contributed by atoms with van der Waals surface area (Å²) in [6.07, 6.45) is 0. The largest absolute Gasteiger partial charge is 0.364 e. The van der Waals surface area contributed by atoms with Gasteiger partial charge in [-0.2, -0.15) is 0 Å². The maximum Gasteiger partial charge on any atom is 0.270 e. The van der Waals surface area contributed by atoms with Gasteiger partial charge in [0.2, 0.25) is 0 Å². The molecule has 33 heavy (non-hydrogen) atoms. The zero-order valence-corrected chi connectivity index (χ0v) is 19.0. The molecule has 0 atom stereocenters.